The molecular weight excluding hydrogens is 199 g/mol. The summed E-state index contributed by atoms with van der Waals surface area (Å²) >= 11 is 0. The fraction of sp³-hybridized carbons (Fsp3) is 0.750. The molecule has 0 saturated carbocycles. The average Bonchev–Trinajstić information content (AvgIpc) is 2.40. The number of hydrogen-bond donors (Lipinski definition) is 0. The second-order valence-corrected chi connectivity index (χ2v) is 4.97. The third-order valence-corrected chi connectivity index (χ3v) is 3.25. The van der Waals surface area contributed by atoms with E-state index in [0.29, 0.717) is 0 Å². The highest BCUT2D eigenvalue weighted by Crippen LogP contribution is 2.36. The van der Waals surface area contributed by atoms with Crippen LogP contribution in [0.25, 0.3) is 0 Å². The third kappa shape index (κ3) is 2.11. The lowest BCUT2D eigenvalue weighted by atomic mass is 9.65. The van der Waals surface area contributed by atoms with Crippen molar-refractivity contribution in [1.82, 2.24) is 4.57 Å². The van der Waals surface area contributed by atoms with E-state index in [4.69, 9.17) is 12.3 Å². The molecule has 3 nitrogen and oxygen atoms in total. The fourth-order valence-corrected chi connectivity index (χ4v) is 2.37. The molecule has 0 saturated heterocycles. The van der Waals surface area contributed by atoms with E-state index < -0.39 is 0 Å². The SMILES string of the molecule is [B]C1(C)CCCc2c(oc(=NCC)n2C)C1. The second-order valence-electron chi connectivity index (χ2n) is 4.97. The maximum absolute atomic E-state index is 6.23. The van der Waals surface area contributed by atoms with Crippen LogP contribution in [0.5, 0.6) is 0 Å². The molecule has 0 aromatic carbocycles. The zero-order valence-electron chi connectivity index (χ0n) is 10.4. The summed E-state index contributed by atoms with van der Waals surface area (Å²) in [4.78, 5) is 4.35. The molecule has 1 aromatic rings. The second kappa shape index (κ2) is 4.15. The van der Waals surface area contributed by atoms with E-state index in [1.165, 1.54) is 5.69 Å². The third-order valence-electron chi connectivity index (χ3n) is 3.25. The first-order valence-electron chi connectivity index (χ1n) is 6.00. The Bertz CT molecular complexity index is 442. The van der Waals surface area contributed by atoms with Gasteiger partial charge < -0.3 is 4.42 Å². The Hall–Kier alpha value is -0.925. The van der Waals surface area contributed by atoms with Crippen molar-refractivity contribution in [3.8, 4) is 0 Å². The summed E-state index contributed by atoms with van der Waals surface area (Å²) in [6.07, 6.45) is 4.03. The molecule has 2 radical (unpaired) electrons. The Morgan fingerprint density at radius 3 is 3.00 bits per heavy atom. The van der Waals surface area contributed by atoms with Crippen LogP contribution in [0.4, 0.5) is 0 Å². The van der Waals surface area contributed by atoms with Gasteiger partial charge in [0.05, 0.1) is 13.5 Å². The summed E-state index contributed by atoms with van der Waals surface area (Å²) in [6.45, 7) is 4.86. The van der Waals surface area contributed by atoms with Crippen LogP contribution < -0.4 is 5.68 Å². The van der Waals surface area contributed by atoms with Crippen molar-refractivity contribution in [3.05, 3.63) is 17.1 Å². The largest absolute Gasteiger partial charge is 0.428 e. The Morgan fingerprint density at radius 1 is 1.56 bits per heavy atom. The zero-order chi connectivity index (χ0) is 11.8. The van der Waals surface area contributed by atoms with Gasteiger partial charge in [-0.25, -0.2) is 4.99 Å². The predicted molar refractivity (Wildman–Crippen MR) is 64.5 cm³/mol. The van der Waals surface area contributed by atoms with Gasteiger partial charge in [0.2, 0.25) is 0 Å². The Kier molecular flexibility index (Phi) is 3.00. The lowest BCUT2D eigenvalue weighted by Crippen LogP contribution is -2.15. The van der Waals surface area contributed by atoms with Crippen molar-refractivity contribution in [2.75, 3.05) is 6.54 Å². The van der Waals surface area contributed by atoms with E-state index >= 15 is 0 Å². The van der Waals surface area contributed by atoms with E-state index in [9.17, 15) is 0 Å². The van der Waals surface area contributed by atoms with Gasteiger partial charge >= 0.3 is 0 Å². The minimum absolute atomic E-state index is 0.139. The van der Waals surface area contributed by atoms with Gasteiger partial charge in [-0.05, 0) is 19.8 Å². The van der Waals surface area contributed by atoms with Crippen LogP contribution in [0, 0.1) is 0 Å². The summed E-state index contributed by atoms with van der Waals surface area (Å²) in [7, 11) is 8.25. The van der Waals surface area contributed by atoms with Gasteiger partial charge in [-0.15, -0.1) is 0 Å². The normalized spacial score (nSPS) is 26.6. The molecule has 0 N–H and O–H groups in total. The molecule has 0 amide bonds. The smallest absolute Gasteiger partial charge is 0.296 e. The lowest BCUT2D eigenvalue weighted by molar-refractivity contribution is 0.410. The van der Waals surface area contributed by atoms with Gasteiger partial charge in [-0.1, -0.05) is 18.7 Å². The molecule has 86 valence electrons. The van der Waals surface area contributed by atoms with Gasteiger partial charge in [0, 0.05) is 20.0 Å². The summed E-state index contributed by atoms with van der Waals surface area (Å²) in [5.41, 5.74) is 1.99. The Morgan fingerprint density at radius 2 is 2.31 bits per heavy atom. The fourth-order valence-electron chi connectivity index (χ4n) is 2.37. The van der Waals surface area contributed by atoms with Gasteiger partial charge in [0.25, 0.3) is 5.68 Å². The summed E-state index contributed by atoms with van der Waals surface area (Å²) in [5.74, 6) is 1.03. The number of fused-ring (bicyclic) bond motifs is 1. The number of nitrogens with zero attached hydrogens (tertiary/aromatic N) is 2. The number of rotatable bonds is 1. The minimum atomic E-state index is -0.139. The maximum atomic E-state index is 6.23. The highest BCUT2D eigenvalue weighted by molar-refractivity contribution is 6.15. The van der Waals surface area contributed by atoms with Gasteiger partial charge in [0.1, 0.15) is 5.76 Å². The van der Waals surface area contributed by atoms with Crippen molar-refractivity contribution >= 4 is 7.85 Å². The molecular formula is C12H19BN2O. The molecule has 2 rings (SSSR count). The molecule has 1 aromatic heterocycles. The predicted octanol–water partition coefficient (Wildman–Crippen LogP) is 1.76. The number of hydrogen-bond acceptors (Lipinski definition) is 2. The number of aromatic nitrogens is 1. The quantitative estimate of drug-likeness (QED) is 0.521. The lowest BCUT2D eigenvalue weighted by Gasteiger charge is -2.21. The summed E-state index contributed by atoms with van der Waals surface area (Å²) < 4.78 is 7.88. The molecule has 0 aliphatic heterocycles. The molecule has 16 heavy (non-hydrogen) atoms. The van der Waals surface area contributed by atoms with E-state index in [-0.39, 0.29) is 5.31 Å². The molecule has 1 atom stereocenters. The molecule has 0 bridgehead atoms. The first-order valence-corrected chi connectivity index (χ1v) is 6.00. The van der Waals surface area contributed by atoms with Crippen LogP contribution in [0.2, 0.25) is 5.31 Å². The number of oxazole rings is 1. The van der Waals surface area contributed by atoms with Gasteiger partial charge in [0.15, 0.2) is 0 Å². The highest BCUT2D eigenvalue weighted by atomic mass is 16.4. The zero-order valence-corrected chi connectivity index (χ0v) is 10.4. The topological polar surface area (TPSA) is 30.4 Å². The first-order chi connectivity index (χ1) is 7.53. The molecule has 1 aliphatic carbocycles. The molecule has 1 aliphatic rings. The van der Waals surface area contributed by atoms with Crippen LogP contribution in [0.15, 0.2) is 9.41 Å². The van der Waals surface area contributed by atoms with Crippen LogP contribution >= 0.6 is 0 Å². The standard InChI is InChI=1S/C12H19BN2O/c1-4-14-11-15(3)9-6-5-7-12(2,13)8-10(9)16-11/h4-8H2,1-3H3. The molecule has 0 spiro atoms. The van der Waals surface area contributed by atoms with E-state index in [0.717, 1.165) is 43.7 Å². The van der Waals surface area contributed by atoms with Gasteiger partial charge in [-0.3, -0.25) is 4.57 Å². The van der Waals surface area contributed by atoms with Crippen molar-refractivity contribution in [2.45, 2.75) is 44.8 Å². The van der Waals surface area contributed by atoms with Crippen molar-refractivity contribution in [3.63, 3.8) is 0 Å². The van der Waals surface area contributed by atoms with E-state index in [1.807, 2.05) is 14.0 Å². The molecule has 0 fully saturated rings. The Labute approximate surface area is 98.0 Å². The van der Waals surface area contributed by atoms with Crippen molar-refractivity contribution in [1.29, 1.82) is 0 Å². The molecule has 1 heterocycles. The van der Waals surface area contributed by atoms with Crippen LogP contribution in [-0.4, -0.2) is 19.0 Å². The van der Waals surface area contributed by atoms with Crippen LogP contribution in [0.3, 0.4) is 0 Å². The van der Waals surface area contributed by atoms with Crippen LogP contribution in [-0.2, 0) is 19.9 Å². The maximum Gasteiger partial charge on any atom is 0.296 e. The van der Waals surface area contributed by atoms with Crippen molar-refractivity contribution < 1.29 is 4.42 Å². The van der Waals surface area contributed by atoms with E-state index in [1.54, 1.807) is 0 Å². The average molecular weight is 218 g/mol. The monoisotopic (exact) mass is 218 g/mol. The van der Waals surface area contributed by atoms with Crippen LogP contribution in [0.1, 0.15) is 38.1 Å². The highest BCUT2D eigenvalue weighted by Gasteiger charge is 2.26. The van der Waals surface area contributed by atoms with Crippen molar-refractivity contribution in [2.24, 2.45) is 12.0 Å². The molecule has 4 heteroatoms. The molecule has 1 unspecified atom stereocenters. The summed E-state index contributed by atoms with van der Waals surface area (Å²) in [5, 5.41) is -0.139. The minimum Gasteiger partial charge on any atom is -0.428 e. The Balaban J connectivity index is 2.46. The summed E-state index contributed by atoms with van der Waals surface area (Å²) in [6, 6.07) is 0. The van der Waals surface area contributed by atoms with E-state index in [2.05, 4.69) is 16.5 Å². The first kappa shape index (κ1) is 11.6. The van der Waals surface area contributed by atoms with Gasteiger partial charge in [-0.2, -0.15) is 0 Å².